The van der Waals surface area contributed by atoms with Crippen molar-refractivity contribution in [2.24, 2.45) is 7.05 Å². The van der Waals surface area contributed by atoms with Gasteiger partial charge in [-0.05, 0) is 18.6 Å². The van der Waals surface area contributed by atoms with Gasteiger partial charge in [0.25, 0.3) is 0 Å². The van der Waals surface area contributed by atoms with Crippen molar-refractivity contribution in [2.75, 3.05) is 0 Å². The molecule has 2 heterocycles. The molecule has 0 aliphatic heterocycles. The monoisotopic (exact) mass is 233 g/mol. The normalized spacial score (nSPS) is 12.4. The smallest absolute Gasteiger partial charge is 0.165 e. The number of rotatable bonds is 4. The molecule has 0 fully saturated rings. The van der Waals surface area contributed by atoms with E-state index in [1.54, 1.807) is 35.4 Å². The van der Waals surface area contributed by atoms with Gasteiger partial charge in [-0.3, -0.25) is 9.67 Å². The molecule has 1 atom stereocenters. The van der Waals surface area contributed by atoms with Gasteiger partial charge in [-0.25, -0.2) is 0 Å². The Balaban J connectivity index is 2.08. The van der Waals surface area contributed by atoms with E-state index in [0.717, 1.165) is 0 Å². The molecule has 0 aliphatic carbocycles. The molecule has 0 saturated heterocycles. The summed E-state index contributed by atoms with van der Waals surface area (Å²) in [4.78, 5) is 4.15. The molecule has 2 aromatic rings. The quantitative estimate of drug-likeness (QED) is 0.878. The Bertz CT molecular complexity index is 479. The van der Waals surface area contributed by atoms with E-state index in [4.69, 9.17) is 4.74 Å². The molecule has 0 saturated carbocycles. The fourth-order valence-corrected chi connectivity index (χ4v) is 1.45. The molecule has 5 heteroatoms. The number of aryl methyl sites for hydroxylation is 1. The maximum atomic E-state index is 9.60. The van der Waals surface area contributed by atoms with Crippen molar-refractivity contribution in [3.05, 3.63) is 36.4 Å². The van der Waals surface area contributed by atoms with Crippen LogP contribution in [0.25, 0.3) is 0 Å². The van der Waals surface area contributed by atoms with E-state index >= 15 is 0 Å². The average molecular weight is 233 g/mol. The predicted octanol–water partition coefficient (Wildman–Crippen LogP) is 2.05. The minimum atomic E-state index is -0.512. The van der Waals surface area contributed by atoms with Crippen molar-refractivity contribution in [3.8, 4) is 11.5 Å². The second kappa shape index (κ2) is 4.97. The van der Waals surface area contributed by atoms with Gasteiger partial charge in [-0.2, -0.15) is 5.10 Å². The minimum Gasteiger partial charge on any atom is -0.452 e. The van der Waals surface area contributed by atoms with E-state index in [2.05, 4.69) is 10.1 Å². The summed E-state index contributed by atoms with van der Waals surface area (Å²) in [7, 11) is 1.83. The molecular weight excluding hydrogens is 218 g/mol. The van der Waals surface area contributed by atoms with Gasteiger partial charge in [0.1, 0.15) is 5.75 Å². The van der Waals surface area contributed by atoms with Crippen LogP contribution in [0.4, 0.5) is 0 Å². The van der Waals surface area contributed by atoms with E-state index < -0.39 is 6.10 Å². The number of aliphatic hydroxyl groups excluding tert-OH is 1. The summed E-state index contributed by atoms with van der Waals surface area (Å²) in [6.07, 6.45) is 5.14. The topological polar surface area (TPSA) is 60.2 Å². The Kier molecular flexibility index (Phi) is 3.39. The molecule has 5 nitrogen and oxygen atoms in total. The Morgan fingerprint density at radius 2 is 2.18 bits per heavy atom. The molecule has 90 valence electrons. The lowest BCUT2D eigenvalue weighted by Crippen LogP contribution is -1.98. The SMILES string of the molecule is CC[C@H](O)c1ccc(Oc2cnn(C)c2)cn1. The largest absolute Gasteiger partial charge is 0.452 e. The number of hydrogen-bond donors (Lipinski definition) is 1. The van der Waals surface area contributed by atoms with Gasteiger partial charge in [0, 0.05) is 7.05 Å². The molecule has 17 heavy (non-hydrogen) atoms. The van der Waals surface area contributed by atoms with Crippen LogP contribution in [0.15, 0.2) is 30.7 Å². The molecule has 2 rings (SSSR count). The highest BCUT2D eigenvalue weighted by Gasteiger charge is 2.06. The van der Waals surface area contributed by atoms with Crippen LogP contribution >= 0.6 is 0 Å². The summed E-state index contributed by atoms with van der Waals surface area (Å²) in [6, 6.07) is 3.55. The first-order valence-corrected chi connectivity index (χ1v) is 5.49. The number of aromatic nitrogens is 3. The fraction of sp³-hybridized carbons (Fsp3) is 0.333. The highest BCUT2D eigenvalue weighted by molar-refractivity contribution is 5.26. The number of hydrogen-bond acceptors (Lipinski definition) is 4. The molecule has 1 N–H and O–H groups in total. The number of ether oxygens (including phenoxy) is 1. The third kappa shape index (κ3) is 2.82. The first kappa shape index (κ1) is 11.6. The highest BCUT2D eigenvalue weighted by Crippen LogP contribution is 2.21. The van der Waals surface area contributed by atoms with Crippen LogP contribution < -0.4 is 4.74 Å². The van der Waals surface area contributed by atoms with Crippen molar-refractivity contribution in [3.63, 3.8) is 0 Å². The Labute approximate surface area is 99.7 Å². The zero-order chi connectivity index (χ0) is 12.3. The summed E-state index contributed by atoms with van der Waals surface area (Å²) in [5.41, 5.74) is 0.658. The molecule has 0 unspecified atom stereocenters. The standard InChI is InChI=1S/C12H15N3O2/c1-3-12(16)11-5-4-9(6-13-11)17-10-7-14-15(2)8-10/h4-8,12,16H,3H2,1-2H3/t12-/m0/s1. The van der Waals surface area contributed by atoms with E-state index in [0.29, 0.717) is 23.6 Å². The van der Waals surface area contributed by atoms with Crippen LogP contribution in [0.3, 0.4) is 0 Å². The van der Waals surface area contributed by atoms with Crippen molar-refractivity contribution in [1.29, 1.82) is 0 Å². The fourth-order valence-electron chi connectivity index (χ4n) is 1.45. The molecule has 0 aromatic carbocycles. The zero-order valence-electron chi connectivity index (χ0n) is 9.87. The van der Waals surface area contributed by atoms with Crippen LogP contribution in [0.5, 0.6) is 11.5 Å². The maximum absolute atomic E-state index is 9.60. The van der Waals surface area contributed by atoms with Crippen molar-refractivity contribution >= 4 is 0 Å². The van der Waals surface area contributed by atoms with E-state index in [9.17, 15) is 5.11 Å². The summed E-state index contributed by atoms with van der Waals surface area (Å²) in [5, 5.41) is 13.6. The first-order chi connectivity index (χ1) is 8.19. The Morgan fingerprint density at radius 1 is 1.35 bits per heavy atom. The van der Waals surface area contributed by atoms with Crippen LogP contribution in [0.2, 0.25) is 0 Å². The van der Waals surface area contributed by atoms with Crippen LogP contribution in [-0.2, 0) is 7.05 Å². The molecule has 0 amide bonds. The molecule has 0 bridgehead atoms. The van der Waals surface area contributed by atoms with Gasteiger partial charge < -0.3 is 9.84 Å². The van der Waals surface area contributed by atoms with E-state index in [1.807, 2.05) is 14.0 Å². The number of pyridine rings is 1. The van der Waals surface area contributed by atoms with Crippen LogP contribution in [0.1, 0.15) is 25.1 Å². The predicted molar refractivity (Wildman–Crippen MR) is 62.8 cm³/mol. The van der Waals surface area contributed by atoms with Gasteiger partial charge in [0.05, 0.1) is 30.4 Å². The average Bonchev–Trinajstić information content (AvgIpc) is 2.75. The number of aliphatic hydroxyl groups is 1. The summed E-state index contributed by atoms with van der Waals surface area (Å²) >= 11 is 0. The zero-order valence-corrected chi connectivity index (χ0v) is 9.87. The molecule has 0 spiro atoms. The van der Waals surface area contributed by atoms with Crippen molar-refractivity contribution in [2.45, 2.75) is 19.4 Å². The van der Waals surface area contributed by atoms with Gasteiger partial charge in [-0.1, -0.05) is 6.92 Å². The lowest BCUT2D eigenvalue weighted by atomic mass is 10.2. The second-order valence-corrected chi connectivity index (χ2v) is 3.79. The highest BCUT2D eigenvalue weighted by atomic mass is 16.5. The lowest BCUT2D eigenvalue weighted by molar-refractivity contribution is 0.169. The summed E-state index contributed by atoms with van der Waals surface area (Å²) < 4.78 is 7.20. The number of nitrogens with zero attached hydrogens (tertiary/aromatic N) is 3. The van der Waals surface area contributed by atoms with Crippen molar-refractivity contribution < 1.29 is 9.84 Å². The lowest BCUT2D eigenvalue weighted by Gasteiger charge is -2.07. The van der Waals surface area contributed by atoms with Crippen molar-refractivity contribution in [1.82, 2.24) is 14.8 Å². The van der Waals surface area contributed by atoms with Gasteiger partial charge >= 0.3 is 0 Å². The minimum absolute atomic E-state index is 0.512. The van der Waals surface area contributed by atoms with Crippen LogP contribution in [-0.4, -0.2) is 19.9 Å². The molecule has 0 radical (unpaired) electrons. The van der Waals surface area contributed by atoms with Gasteiger partial charge in [0.15, 0.2) is 5.75 Å². The first-order valence-electron chi connectivity index (χ1n) is 5.49. The van der Waals surface area contributed by atoms with E-state index in [-0.39, 0.29) is 0 Å². The molecule has 2 aromatic heterocycles. The third-order valence-electron chi connectivity index (χ3n) is 2.40. The summed E-state index contributed by atoms with van der Waals surface area (Å²) in [5.74, 6) is 1.29. The molecule has 0 aliphatic rings. The third-order valence-corrected chi connectivity index (χ3v) is 2.40. The summed E-state index contributed by atoms with van der Waals surface area (Å²) in [6.45, 7) is 1.91. The second-order valence-electron chi connectivity index (χ2n) is 3.79. The van der Waals surface area contributed by atoms with Gasteiger partial charge in [-0.15, -0.1) is 0 Å². The Hall–Kier alpha value is -1.88. The maximum Gasteiger partial charge on any atom is 0.165 e. The Morgan fingerprint density at radius 3 is 2.71 bits per heavy atom. The van der Waals surface area contributed by atoms with Crippen LogP contribution in [0, 0.1) is 0 Å². The van der Waals surface area contributed by atoms with Gasteiger partial charge in [0.2, 0.25) is 0 Å². The molecular formula is C12H15N3O2. The van der Waals surface area contributed by atoms with E-state index in [1.165, 1.54) is 0 Å².